The van der Waals surface area contributed by atoms with Gasteiger partial charge in [0.2, 0.25) is 0 Å². The van der Waals surface area contributed by atoms with E-state index in [1.54, 1.807) is 0 Å². The lowest BCUT2D eigenvalue weighted by molar-refractivity contribution is 0.0669. The molecule has 3 heteroatoms. The maximum Gasteiger partial charge on any atom is 0.289 e. The first-order valence-electron chi connectivity index (χ1n) is 10.0. The highest BCUT2D eigenvalue weighted by atomic mass is 16.3. The van der Waals surface area contributed by atoms with Crippen molar-refractivity contribution in [3.05, 3.63) is 71.5 Å². The number of fused-ring (bicyclic) bond motifs is 1. The van der Waals surface area contributed by atoms with Crippen LogP contribution in [0.4, 0.5) is 0 Å². The lowest BCUT2D eigenvalue weighted by Gasteiger charge is -2.30. The molecule has 1 aromatic heterocycles. The molecule has 1 saturated carbocycles. The van der Waals surface area contributed by atoms with Gasteiger partial charge >= 0.3 is 0 Å². The molecule has 3 aromatic rings. The molecule has 4 rings (SSSR count). The molecule has 2 aromatic carbocycles. The largest absolute Gasteiger partial charge is 0.451 e. The third-order valence-corrected chi connectivity index (χ3v) is 5.75. The minimum atomic E-state index is 0.0000246. The van der Waals surface area contributed by atoms with Crippen LogP contribution in [0.15, 0.2) is 59.0 Å². The molecule has 0 bridgehead atoms. The molecule has 0 aliphatic heterocycles. The normalized spacial score (nSPS) is 15.1. The van der Waals surface area contributed by atoms with Gasteiger partial charge in [-0.1, -0.05) is 61.7 Å². The van der Waals surface area contributed by atoms with Crippen LogP contribution >= 0.6 is 0 Å². The van der Waals surface area contributed by atoms with Crippen LogP contribution < -0.4 is 0 Å². The third kappa shape index (κ3) is 4.08. The highest BCUT2D eigenvalue weighted by Gasteiger charge is 2.24. The zero-order chi connectivity index (χ0) is 18.6. The van der Waals surface area contributed by atoms with E-state index in [1.807, 2.05) is 47.4 Å². The Morgan fingerprint density at radius 3 is 2.56 bits per heavy atom. The summed E-state index contributed by atoms with van der Waals surface area (Å²) >= 11 is 0. The van der Waals surface area contributed by atoms with E-state index in [1.165, 1.54) is 43.2 Å². The molecule has 0 spiro atoms. The Hall–Kier alpha value is -2.55. The standard InChI is InChI=1S/C24H27NO2/c1-18-9-5-6-13-21(18)17-25(16-19-10-3-2-4-11-19)24(26)23-15-20-12-7-8-14-22(20)27-23/h5-9,12-15,19H,2-4,10-11,16-17H2,1H3. The summed E-state index contributed by atoms with van der Waals surface area (Å²) < 4.78 is 5.88. The smallest absolute Gasteiger partial charge is 0.289 e. The predicted molar refractivity (Wildman–Crippen MR) is 109 cm³/mol. The summed E-state index contributed by atoms with van der Waals surface area (Å²) in [6.07, 6.45) is 6.32. The van der Waals surface area contributed by atoms with Gasteiger partial charge in [-0.05, 0) is 48.9 Å². The lowest BCUT2D eigenvalue weighted by Crippen LogP contribution is -2.35. The summed E-state index contributed by atoms with van der Waals surface area (Å²) in [5.74, 6) is 1.04. The maximum atomic E-state index is 13.3. The second-order valence-electron chi connectivity index (χ2n) is 7.76. The third-order valence-electron chi connectivity index (χ3n) is 5.75. The molecular weight excluding hydrogens is 334 g/mol. The van der Waals surface area contributed by atoms with Gasteiger partial charge < -0.3 is 9.32 Å². The van der Waals surface area contributed by atoms with Crippen LogP contribution in [-0.2, 0) is 6.54 Å². The number of carbonyl (C=O) groups excluding carboxylic acids is 1. The van der Waals surface area contributed by atoms with Crippen LogP contribution in [0.1, 0.15) is 53.8 Å². The van der Waals surface area contributed by atoms with Gasteiger partial charge in [0.25, 0.3) is 5.91 Å². The molecule has 0 saturated heterocycles. The number of hydrogen-bond acceptors (Lipinski definition) is 2. The van der Waals surface area contributed by atoms with Crippen molar-refractivity contribution >= 4 is 16.9 Å². The van der Waals surface area contributed by atoms with Gasteiger partial charge in [-0.15, -0.1) is 0 Å². The van der Waals surface area contributed by atoms with E-state index in [2.05, 4.69) is 19.1 Å². The molecule has 1 heterocycles. The first-order valence-corrected chi connectivity index (χ1v) is 10.0. The fourth-order valence-corrected chi connectivity index (χ4v) is 4.14. The van der Waals surface area contributed by atoms with Crippen LogP contribution in [0.2, 0.25) is 0 Å². The Morgan fingerprint density at radius 2 is 1.78 bits per heavy atom. The molecule has 1 aliphatic carbocycles. The van der Waals surface area contributed by atoms with Gasteiger partial charge in [0.05, 0.1) is 0 Å². The molecule has 0 unspecified atom stereocenters. The first kappa shape index (κ1) is 17.8. The number of para-hydroxylation sites is 1. The molecule has 1 amide bonds. The van der Waals surface area contributed by atoms with E-state index in [9.17, 15) is 4.79 Å². The number of hydrogen-bond donors (Lipinski definition) is 0. The molecule has 0 radical (unpaired) electrons. The molecule has 3 nitrogen and oxygen atoms in total. The van der Waals surface area contributed by atoms with Crippen molar-refractivity contribution in [1.82, 2.24) is 4.90 Å². The van der Waals surface area contributed by atoms with Crippen molar-refractivity contribution in [2.24, 2.45) is 5.92 Å². The van der Waals surface area contributed by atoms with Gasteiger partial charge in [0.1, 0.15) is 5.58 Å². The van der Waals surface area contributed by atoms with Crippen molar-refractivity contribution in [3.8, 4) is 0 Å². The average Bonchev–Trinajstić information content (AvgIpc) is 3.13. The molecular formula is C24H27NO2. The van der Waals surface area contributed by atoms with Crippen molar-refractivity contribution in [2.75, 3.05) is 6.54 Å². The number of nitrogens with zero attached hydrogens (tertiary/aromatic N) is 1. The second-order valence-corrected chi connectivity index (χ2v) is 7.76. The summed E-state index contributed by atoms with van der Waals surface area (Å²) in [5.41, 5.74) is 3.20. The van der Waals surface area contributed by atoms with Crippen molar-refractivity contribution < 1.29 is 9.21 Å². The topological polar surface area (TPSA) is 33.5 Å². The first-order chi connectivity index (χ1) is 13.2. The Balaban J connectivity index is 1.61. The number of furan rings is 1. The number of rotatable bonds is 5. The van der Waals surface area contributed by atoms with Crippen LogP contribution in [0.25, 0.3) is 11.0 Å². The van der Waals surface area contributed by atoms with Gasteiger partial charge in [-0.3, -0.25) is 4.79 Å². The van der Waals surface area contributed by atoms with E-state index in [0.29, 0.717) is 18.2 Å². The molecule has 0 atom stereocenters. The SMILES string of the molecule is Cc1ccccc1CN(CC1CCCCC1)C(=O)c1cc2ccccc2o1. The average molecular weight is 361 g/mol. The molecule has 1 aliphatic rings. The number of benzene rings is 2. The van der Waals surface area contributed by atoms with Crippen LogP contribution in [0, 0.1) is 12.8 Å². The predicted octanol–water partition coefficient (Wildman–Crippen LogP) is 5.96. The Bertz CT molecular complexity index is 888. The fraction of sp³-hybridized carbons (Fsp3) is 0.375. The number of amides is 1. The maximum absolute atomic E-state index is 13.3. The van der Waals surface area contributed by atoms with Gasteiger partial charge in [-0.25, -0.2) is 0 Å². The number of aryl methyl sites for hydroxylation is 1. The van der Waals surface area contributed by atoms with Gasteiger partial charge in [-0.2, -0.15) is 0 Å². The zero-order valence-electron chi connectivity index (χ0n) is 16.0. The van der Waals surface area contributed by atoms with E-state index in [0.717, 1.165) is 17.5 Å². The lowest BCUT2D eigenvalue weighted by atomic mass is 9.88. The second kappa shape index (κ2) is 7.99. The molecule has 0 N–H and O–H groups in total. The highest BCUT2D eigenvalue weighted by molar-refractivity contribution is 5.96. The van der Waals surface area contributed by atoms with Crippen molar-refractivity contribution in [1.29, 1.82) is 0 Å². The molecule has 27 heavy (non-hydrogen) atoms. The molecule has 140 valence electrons. The quantitative estimate of drug-likeness (QED) is 0.561. The summed E-state index contributed by atoms with van der Waals surface area (Å²) in [4.78, 5) is 15.3. The van der Waals surface area contributed by atoms with Crippen LogP contribution in [-0.4, -0.2) is 17.4 Å². The Labute approximate surface area is 161 Å². The minimum Gasteiger partial charge on any atom is -0.451 e. The van der Waals surface area contributed by atoms with Crippen molar-refractivity contribution in [3.63, 3.8) is 0 Å². The fourth-order valence-electron chi connectivity index (χ4n) is 4.14. The van der Waals surface area contributed by atoms with E-state index < -0.39 is 0 Å². The van der Waals surface area contributed by atoms with Gasteiger partial charge in [0, 0.05) is 18.5 Å². The zero-order valence-corrected chi connectivity index (χ0v) is 16.0. The Kier molecular flexibility index (Phi) is 5.28. The van der Waals surface area contributed by atoms with Crippen LogP contribution in [0.3, 0.4) is 0 Å². The monoisotopic (exact) mass is 361 g/mol. The Morgan fingerprint density at radius 1 is 1.04 bits per heavy atom. The number of carbonyl (C=O) groups is 1. The molecule has 1 fully saturated rings. The highest BCUT2D eigenvalue weighted by Crippen LogP contribution is 2.27. The summed E-state index contributed by atoms with van der Waals surface area (Å²) in [5, 5.41) is 0.981. The minimum absolute atomic E-state index is 0.0000246. The van der Waals surface area contributed by atoms with E-state index >= 15 is 0 Å². The summed E-state index contributed by atoms with van der Waals surface area (Å²) in [7, 11) is 0. The van der Waals surface area contributed by atoms with E-state index in [-0.39, 0.29) is 5.91 Å². The van der Waals surface area contributed by atoms with Crippen LogP contribution in [0.5, 0.6) is 0 Å². The van der Waals surface area contributed by atoms with Crippen molar-refractivity contribution in [2.45, 2.75) is 45.6 Å². The summed E-state index contributed by atoms with van der Waals surface area (Å²) in [6.45, 7) is 3.56. The van der Waals surface area contributed by atoms with Gasteiger partial charge in [0.15, 0.2) is 5.76 Å². The summed E-state index contributed by atoms with van der Waals surface area (Å²) in [6, 6.07) is 18.0. The van der Waals surface area contributed by atoms with E-state index in [4.69, 9.17) is 4.42 Å².